The van der Waals surface area contributed by atoms with Crippen LogP contribution in [0.2, 0.25) is 0 Å². The molecule has 1 aliphatic carbocycles. The minimum absolute atomic E-state index is 0.330. The number of fused-ring (bicyclic) bond motifs is 6. The number of aliphatic imine (C=N–C) groups is 3. The molecule has 10 rings (SSSR count). The molecule has 0 aliphatic heterocycles. The molecule has 2 heterocycles. The van der Waals surface area contributed by atoms with Crippen LogP contribution in [0.1, 0.15) is 40.3 Å². The molecule has 1 aliphatic rings. The highest BCUT2D eigenvalue weighted by atomic mass is 15.0. The summed E-state index contributed by atoms with van der Waals surface area (Å²) in [6.07, 6.45) is 5.32. The molecule has 0 saturated heterocycles. The number of hydrogen-bond donors (Lipinski definition) is 0. The first-order valence-electron chi connectivity index (χ1n) is 19.7. The minimum atomic E-state index is -0.330. The SMILES string of the molecule is C=NC(=NC(=NCc1cc(-c2ccc3c(c2)C(C)(c2ccccc2)c2ccccc2-3)cc(-c2cc3nccnc3c3cccnc23)c1)c1ccccc1)c1ccccc1. The first kappa shape index (κ1) is 35.7. The van der Waals surface area contributed by atoms with Crippen molar-refractivity contribution in [3.05, 3.63) is 222 Å². The van der Waals surface area contributed by atoms with Gasteiger partial charge in [-0.15, -0.1) is 0 Å². The average Bonchev–Trinajstić information content (AvgIpc) is 3.57. The summed E-state index contributed by atoms with van der Waals surface area (Å²) in [7, 11) is 0. The Kier molecular flexibility index (Phi) is 9.07. The minimum Gasteiger partial charge on any atom is -0.261 e. The van der Waals surface area contributed by atoms with Crippen LogP contribution >= 0.6 is 0 Å². The van der Waals surface area contributed by atoms with Crippen molar-refractivity contribution in [2.75, 3.05) is 0 Å². The highest BCUT2D eigenvalue weighted by Gasteiger charge is 2.40. The van der Waals surface area contributed by atoms with Gasteiger partial charge in [-0.25, -0.2) is 9.98 Å². The van der Waals surface area contributed by atoms with Gasteiger partial charge in [-0.3, -0.25) is 19.9 Å². The van der Waals surface area contributed by atoms with Crippen LogP contribution in [0.3, 0.4) is 0 Å². The fourth-order valence-corrected chi connectivity index (χ4v) is 8.58. The third-order valence-corrected chi connectivity index (χ3v) is 11.5. The van der Waals surface area contributed by atoms with E-state index in [1.165, 1.54) is 27.8 Å². The van der Waals surface area contributed by atoms with Gasteiger partial charge >= 0.3 is 0 Å². The molecular formula is C53H38N6. The topological polar surface area (TPSA) is 75.8 Å². The van der Waals surface area contributed by atoms with Gasteiger partial charge in [0.1, 0.15) is 0 Å². The van der Waals surface area contributed by atoms with Crippen LogP contribution < -0.4 is 0 Å². The summed E-state index contributed by atoms with van der Waals surface area (Å²) in [4.78, 5) is 28.9. The Labute approximate surface area is 343 Å². The van der Waals surface area contributed by atoms with Crippen molar-refractivity contribution in [2.24, 2.45) is 15.0 Å². The summed E-state index contributed by atoms with van der Waals surface area (Å²) in [6, 6.07) is 59.4. The Morgan fingerprint density at radius 2 is 1.19 bits per heavy atom. The lowest BCUT2D eigenvalue weighted by Crippen LogP contribution is -2.22. The molecule has 0 radical (unpaired) electrons. The van der Waals surface area contributed by atoms with Gasteiger partial charge in [-0.1, -0.05) is 127 Å². The smallest absolute Gasteiger partial charge is 0.161 e. The summed E-state index contributed by atoms with van der Waals surface area (Å²) in [6.45, 7) is 6.58. The van der Waals surface area contributed by atoms with Crippen LogP contribution in [0.25, 0.3) is 55.3 Å². The van der Waals surface area contributed by atoms with Gasteiger partial charge < -0.3 is 0 Å². The van der Waals surface area contributed by atoms with E-state index in [1.807, 2.05) is 72.9 Å². The fraction of sp³-hybridized carbons (Fsp3) is 0.0566. The first-order chi connectivity index (χ1) is 29.1. The van der Waals surface area contributed by atoms with Crippen molar-refractivity contribution in [3.8, 4) is 33.4 Å². The zero-order valence-electron chi connectivity index (χ0n) is 32.5. The van der Waals surface area contributed by atoms with E-state index in [0.29, 0.717) is 18.2 Å². The van der Waals surface area contributed by atoms with Crippen LogP contribution in [0.15, 0.2) is 203 Å². The predicted molar refractivity (Wildman–Crippen MR) is 242 cm³/mol. The van der Waals surface area contributed by atoms with Crippen molar-refractivity contribution in [1.29, 1.82) is 0 Å². The van der Waals surface area contributed by atoms with Gasteiger partial charge in [0.05, 0.1) is 23.1 Å². The summed E-state index contributed by atoms with van der Waals surface area (Å²) < 4.78 is 0. The Morgan fingerprint density at radius 3 is 1.97 bits per heavy atom. The Bertz CT molecular complexity index is 3100. The molecule has 0 bridgehead atoms. The van der Waals surface area contributed by atoms with Gasteiger partial charge in [-0.05, 0) is 106 Å². The second-order valence-electron chi connectivity index (χ2n) is 14.9. The maximum Gasteiger partial charge on any atom is 0.161 e. The number of aromatic nitrogens is 3. The van der Waals surface area contributed by atoms with E-state index in [9.17, 15) is 0 Å². The molecule has 9 aromatic rings. The van der Waals surface area contributed by atoms with Crippen molar-refractivity contribution >= 4 is 40.3 Å². The lowest BCUT2D eigenvalue weighted by molar-refractivity contribution is 0.714. The molecule has 2 aromatic heterocycles. The number of amidine groups is 2. The van der Waals surface area contributed by atoms with Crippen LogP contribution in [0.4, 0.5) is 0 Å². The molecule has 0 fully saturated rings. The monoisotopic (exact) mass is 758 g/mol. The summed E-state index contributed by atoms with van der Waals surface area (Å²) in [5.74, 6) is 1.09. The molecule has 0 amide bonds. The zero-order valence-corrected chi connectivity index (χ0v) is 32.5. The van der Waals surface area contributed by atoms with E-state index in [1.54, 1.807) is 12.4 Å². The summed E-state index contributed by atoms with van der Waals surface area (Å²) in [5, 5.41) is 0.957. The Hall–Kier alpha value is -7.70. The van der Waals surface area contributed by atoms with E-state index in [-0.39, 0.29) is 5.41 Å². The number of nitrogens with zero attached hydrogens (tertiary/aromatic N) is 6. The number of pyridine rings is 1. The van der Waals surface area contributed by atoms with Gasteiger partial charge in [0.15, 0.2) is 11.7 Å². The molecule has 1 unspecified atom stereocenters. The van der Waals surface area contributed by atoms with Crippen molar-refractivity contribution in [1.82, 2.24) is 15.0 Å². The van der Waals surface area contributed by atoms with E-state index < -0.39 is 0 Å². The Balaban J connectivity index is 1.17. The van der Waals surface area contributed by atoms with E-state index in [0.717, 1.165) is 60.9 Å². The maximum atomic E-state index is 5.21. The molecule has 0 spiro atoms. The van der Waals surface area contributed by atoms with Gasteiger partial charge in [0.25, 0.3) is 0 Å². The maximum absolute atomic E-state index is 5.21. The van der Waals surface area contributed by atoms with E-state index in [2.05, 4.69) is 122 Å². The van der Waals surface area contributed by atoms with Crippen molar-refractivity contribution in [2.45, 2.75) is 18.9 Å². The largest absolute Gasteiger partial charge is 0.261 e. The van der Waals surface area contributed by atoms with Crippen LogP contribution in [-0.4, -0.2) is 33.3 Å². The molecular weight excluding hydrogens is 721 g/mol. The molecule has 0 saturated carbocycles. The van der Waals surface area contributed by atoms with Gasteiger partial charge in [-0.2, -0.15) is 0 Å². The van der Waals surface area contributed by atoms with E-state index >= 15 is 0 Å². The second kappa shape index (κ2) is 15.0. The van der Waals surface area contributed by atoms with Crippen LogP contribution in [0, 0.1) is 0 Å². The standard InChI is InChI=1S/C53H38N6/c1-53(41-19-10-5-11-20-41)46-23-13-12-21-42(46)43-25-24-38(32-47(43)53)39-29-35(30-40(31-39)45-33-48-50(57-28-27-55-48)44-22-14-26-56-49(44)45)34-58-52(37-17-8-4-9-18-37)59-51(54-2)36-15-6-3-7-16-36/h3-33H,2,34H2,1H3. The third kappa shape index (κ3) is 6.41. The number of hydrogen-bond acceptors (Lipinski definition) is 4. The molecule has 1 atom stereocenters. The number of rotatable bonds is 7. The average molecular weight is 759 g/mol. The van der Waals surface area contributed by atoms with Gasteiger partial charge in [0.2, 0.25) is 0 Å². The van der Waals surface area contributed by atoms with Crippen LogP contribution in [0.5, 0.6) is 0 Å². The molecule has 0 N–H and O–H groups in total. The molecule has 6 heteroatoms. The summed E-state index contributed by atoms with van der Waals surface area (Å²) >= 11 is 0. The van der Waals surface area contributed by atoms with Crippen LogP contribution in [-0.2, 0) is 12.0 Å². The molecule has 59 heavy (non-hydrogen) atoms. The Morgan fingerprint density at radius 1 is 0.525 bits per heavy atom. The first-order valence-corrected chi connectivity index (χ1v) is 19.7. The van der Waals surface area contributed by atoms with E-state index in [4.69, 9.17) is 24.9 Å². The quantitative estimate of drug-likeness (QED) is 0.0922. The second-order valence-corrected chi connectivity index (χ2v) is 14.9. The number of benzene rings is 7. The lowest BCUT2D eigenvalue weighted by atomic mass is 9.74. The fourth-order valence-electron chi connectivity index (χ4n) is 8.58. The lowest BCUT2D eigenvalue weighted by Gasteiger charge is -2.28. The van der Waals surface area contributed by atoms with Gasteiger partial charge in [0, 0.05) is 46.1 Å². The highest BCUT2D eigenvalue weighted by Crippen LogP contribution is 2.53. The molecule has 280 valence electrons. The highest BCUT2D eigenvalue weighted by molar-refractivity contribution is 6.13. The normalized spacial score (nSPS) is 14.9. The molecule has 6 nitrogen and oxygen atoms in total. The molecule has 7 aromatic carbocycles. The van der Waals surface area contributed by atoms with Crippen molar-refractivity contribution in [3.63, 3.8) is 0 Å². The third-order valence-electron chi connectivity index (χ3n) is 11.5. The zero-order chi connectivity index (χ0) is 39.8. The summed E-state index contributed by atoms with van der Waals surface area (Å²) in [5.41, 5.74) is 15.5. The predicted octanol–water partition coefficient (Wildman–Crippen LogP) is 11.9. The van der Waals surface area contributed by atoms with Crippen molar-refractivity contribution < 1.29 is 0 Å².